The van der Waals surface area contributed by atoms with E-state index < -0.39 is 5.97 Å². The molecule has 2 rings (SSSR count). The lowest BCUT2D eigenvalue weighted by Gasteiger charge is -2.05. The Hall–Kier alpha value is -2.36. The molecule has 0 amide bonds. The first-order valence-electron chi connectivity index (χ1n) is 5.63. The summed E-state index contributed by atoms with van der Waals surface area (Å²) in [5.41, 5.74) is 1.75. The fraction of sp³-hybridized carbons (Fsp3) is 0.143. The third-order valence-electron chi connectivity index (χ3n) is 2.45. The van der Waals surface area contributed by atoms with Crippen molar-refractivity contribution >= 4 is 5.97 Å². The summed E-state index contributed by atoms with van der Waals surface area (Å²) in [4.78, 5) is 15.1. The number of pyridine rings is 1. The summed E-state index contributed by atoms with van der Waals surface area (Å²) in [6.45, 7) is 2.50. The molecule has 1 N–H and O–H groups in total. The first-order chi connectivity index (χ1) is 8.70. The predicted octanol–water partition coefficient (Wildman–Crippen LogP) is 2.85. The van der Waals surface area contributed by atoms with Crippen LogP contribution in [0, 0.1) is 0 Å². The Kier molecular flexibility index (Phi) is 3.57. The lowest BCUT2D eigenvalue weighted by Crippen LogP contribution is -1.96. The Labute approximate surface area is 105 Å². The van der Waals surface area contributed by atoms with E-state index in [0.717, 1.165) is 11.3 Å². The van der Waals surface area contributed by atoms with Gasteiger partial charge in [0.25, 0.3) is 0 Å². The van der Waals surface area contributed by atoms with Crippen molar-refractivity contribution in [3.8, 4) is 17.0 Å². The number of carbonyl (C=O) groups is 1. The van der Waals surface area contributed by atoms with Gasteiger partial charge in [-0.3, -0.25) is 4.98 Å². The third-order valence-corrected chi connectivity index (χ3v) is 2.45. The Morgan fingerprint density at radius 2 is 2.17 bits per heavy atom. The van der Waals surface area contributed by atoms with Crippen molar-refractivity contribution in [3.63, 3.8) is 0 Å². The Bertz CT molecular complexity index is 549. The lowest BCUT2D eigenvalue weighted by atomic mass is 10.1. The van der Waals surface area contributed by atoms with Gasteiger partial charge in [0.1, 0.15) is 5.75 Å². The van der Waals surface area contributed by atoms with Crippen LogP contribution in [0.15, 0.2) is 42.6 Å². The van der Waals surface area contributed by atoms with Crippen molar-refractivity contribution in [1.82, 2.24) is 4.98 Å². The van der Waals surface area contributed by atoms with Crippen LogP contribution < -0.4 is 4.74 Å². The molecule has 18 heavy (non-hydrogen) atoms. The van der Waals surface area contributed by atoms with E-state index in [1.54, 1.807) is 24.4 Å². The number of rotatable bonds is 4. The minimum absolute atomic E-state index is 0.253. The van der Waals surface area contributed by atoms with Gasteiger partial charge in [0.05, 0.1) is 24.1 Å². The van der Waals surface area contributed by atoms with Gasteiger partial charge in [-0.1, -0.05) is 12.1 Å². The van der Waals surface area contributed by atoms with Gasteiger partial charge in [0.15, 0.2) is 0 Å². The molecule has 0 aliphatic rings. The second kappa shape index (κ2) is 5.31. The Morgan fingerprint density at radius 3 is 2.78 bits per heavy atom. The fourth-order valence-corrected chi connectivity index (χ4v) is 1.61. The summed E-state index contributed by atoms with van der Waals surface area (Å²) < 4.78 is 5.30. The highest BCUT2D eigenvalue weighted by Gasteiger charge is 2.05. The molecule has 4 nitrogen and oxygen atoms in total. The normalized spacial score (nSPS) is 10.1. The van der Waals surface area contributed by atoms with E-state index in [1.807, 2.05) is 25.1 Å². The largest absolute Gasteiger partial charge is 0.492 e. The quantitative estimate of drug-likeness (QED) is 0.897. The molecule has 0 saturated carbocycles. The molecule has 0 bridgehead atoms. The number of aromatic nitrogens is 1. The summed E-state index contributed by atoms with van der Waals surface area (Å²) >= 11 is 0. The van der Waals surface area contributed by atoms with Crippen molar-refractivity contribution in [1.29, 1.82) is 0 Å². The van der Waals surface area contributed by atoms with Gasteiger partial charge in [0.2, 0.25) is 0 Å². The molecule has 1 aromatic carbocycles. The number of ether oxygens (including phenoxy) is 1. The lowest BCUT2D eigenvalue weighted by molar-refractivity contribution is 0.0697. The highest BCUT2D eigenvalue weighted by atomic mass is 16.5. The van der Waals surface area contributed by atoms with Crippen LogP contribution in [0.25, 0.3) is 11.3 Å². The van der Waals surface area contributed by atoms with E-state index in [-0.39, 0.29) is 5.56 Å². The standard InChI is InChI=1S/C14H13NO3/c1-2-18-12-6-7-13(15-9-12)10-4-3-5-11(8-10)14(16)17/h3-9H,2H2,1H3,(H,16,17). The molecule has 0 spiro atoms. The first kappa shape index (κ1) is 12.1. The van der Waals surface area contributed by atoms with E-state index in [2.05, 4.69) is 4.98 Å². The monoisotopic (exact) mass is 243 g/mol. The summed E-state index contributed by atoms with van der Waals surface area (Å²) in [6, 6.07) is 10.3. The molecule has 0 atom stereocenters. The van der Waals surface area contributed by atoms with E-state index in [9.17, 15) is 4.79 Å². The molecule has 0 radical (unpaired) electrons. The summed E-state index contributed by atoms with van der Waals surface area (Å²) in [7, 11) is 0. The number of hydrogen-bond donors (Lipinski definition) is 1. The Morgan fingerprint density at radius 1 is 1.33 bits per heavy atom. The van der Waals surface area contributed by atoms with Crippen LogP contribution in [0.1, 0.15) is 17.3 Å². The summed E-state index contributed by atoms with van der Waals surface area (Å²) in [5, 5.41) is 8.93. The number of benzene rings is 1. The minimum atomic E-state index is -0.942. The molecule has 1 aromatic heterocycles. The molecular weight excluding hydrogens is 230 g/mol. The summed E-state index contributed by atoms with van der Waals surface area (Å²) in [6.07, 6.45) is 1.63. The SMILES string of the molecule is CCOc1ccc(-c2cccc(C(=O)O)c2)nc1. The highest BCUT2D eigenvalue weighted by Crippen LogP contribution is 2.20. The fourth-order valence-electron chi connectivity index (χ4n) is 1.61. The van der Waals surface area contributed by atoms with Gasteiger partial charge in [0, 0.05) is 5.56 Å². The first-order valence-corrected chi connectivity index (χ1v) is 5.63. The maximum absolute atomic E-state index is 10.9. The zero-order chi connectivity index (χ0) is 13.0. The van der Waals surface area contributed by atoms with E-state index >= 15 is 0 Å². The molecule has 0 fully saturated rings. The van der Waals surface area contributed by atoms with Gasteiger partial charge in [-0.15, -0.1) is 0 Å². The molecule has 0 saturated heterocycles. The van der Waals surface area contributed by atoms with Crippen molar-refractivity contribution in [2.45, 2.75) is 6.92 Å². The van der Waals surface area contributed by atoms with Gasteiger partial charge in [-0.05, 0) is 31.2 Å². The van der Waals surface area contributed by atoms with Gasteiger partial charge in [-0.2, -0.15) is 0 Å². The van der Waals surface area contributed by atoms with E-state index in [0.29, 0.717) is 12.4 Å². The number of hydrogen-bond acceptors (Lipinski definition) is 3. The molecule has 0 aliphatic heterocycles. The van der Waals surface area contributed by atoms with E-state index in [4.69, 9.17) is 9.84 Å². The molecular formula is C14H13NO3. The zero-order valence-electron chi connectivity index (χ0n) is 9.96. The predicted molar refractivity (Wildman–Crippen MR) is 67.8 cm³/mol. The topological polar surface area (TPSA) is 59.4 Å². The second-order valence-electron chi connectivity index (χ2n) is 3.70. The maximum atomic E-state index is 10.9. The third kappa shape index (κ3) is 2.66. The number of carboxylic acid groups (broad SMARTS) is 1. The average Bonchev–Trinajstić information content (AvgIpc) is 2.40. The van der Waals surface area contributed by atoms with Gasteiger partial charge < -0.3 is 9.84 Å². The smallest absolute Gasteiger partial charge is 0.335 e. The van der Waals surface area contributed by atoms with Crippen molar-refractivity contribution in [2.75, 3.05) is 6.61 Å². The second-order valence-corrected chi connectivity index (χ2v) is 3.70. The van der Waals surface area contributed by atoms with Gasteiger partial charge in [-0.25, -0.2) is 4.79 Å². The van der Waals surface area contributed by atoms with Crippen LogP contribution in [-0.4, -0.2) is 22.7 Å². The number of aromatic carboxylic acids is 1. The van der Waals surface area contributed by atoms with Gasteiger partial charge >= 0.3 is 5.97 Å². The van der Waals surface area contributed by atoms with Crippen LogP contribution in [0.2, 0.25) is 0 Å². The molecule has 1 heterocycles. The van der Waals surface area contributed by atoms with Crippen molar-refractivity contribution < 1.29 is 14.6 Å². The van der Waals surface area contributed by atoms with Crippen LogP contribution in [-0.2, 0) is 0 Å². The molecule has 92 valence electrons. The van der Waals surface area contributed by atoms with Crippen molar-refractivity contribution in [2.24, 2.45) is 0 Å². The van der Waals surface area contributed by atoms with Crippen molar-refractivity contribution in [3.05, 3.63) is 48.2 Å². The van der Waals surface area contributed by atoms with Crippen LogP contribution in [0.5, 0.6) is 5.75 Å². The molecule has 4 heteroatoms. The molecule has 0 aliphatic carbocycles. The van der Waals surface area contributed by atoms with Crippen LogP contribution in [0.4, 0.5) is 0 Å². The molecule has 0 unspecified atom stereocenters. The van der Waals surface area contributed by atoms with E-state index in [1.165, 1.54) is 0 Å². The Balaban J connectivity index is 2.30. The highest BCUT2D eigenvalue weighted by molar-refractivity contribution is 5.89. The zero-order valence-corrected chi connectivity index (χ0v) is 9.96. The minimum Gasteiger partial charge on any atom is -0.492 e. The van der Waals surface area contributed by atoms with Crippen LogP contribution in [0.3, 0.4) is 0 Å². The number of nitrogens with zero attached hydrogens (tertiary/aromatic N) is 1. The van der Waals surface area contributed by atoms with Crippen LogP contribution >= 0.6 is 0 Å². The molecule has 2 aromatic rings. The maximum Gasteiger partial charge on any atom is 0.335 e. The number of carboxylic acids is 1. The summed E-state index contributed by atoms with van der Waals surface area (Å²) in [5.74, 6) is -0.238. The average molecular weight is 243 g/mol.